The first-order valence-corrected chi connectivity index (χ1v) is 11.6. The van der Waals surface area contributed by atoms with Crippen molar-refractivity contribution in [2.45, 2.75) is 44.8 Å². The number of methoxy groups -OCH3 is 1. The van der Waals surface area contributed by atoms with E-state index < -0.39 is 11.7 Å². The van der Waals surface area contributed by atoms with Crippen molar-refractivity contribution >= 4 is 11.7 Å². The van der Waals surface area contributed by atoms with E-state index in [2.05, 4.69) is 25.5 Å². The van der Waals surface area contributed by atoms with Gasteiger partial charge in [0.2, 0.25) is 0 Å². The molecule has 9 nitrogen and oxygen atoms in total. The summed E-state index contributed by atoms with van der Waals surface area (Å²) in [5.74, 6) is 1.06. The molecule has 0 bridgehead atoms. The van der Waals surface area contributed by atoms with E-state index in [4.69, 9.17) is 4.74 Å². The molecule has 0 radical (unpaired) electrons. The molecule has 2 aliphatic rings. The summed E-state index contributed by atoms with van der Waals surface area (Å²) in [5, 5.41) is 11.2. The number of ether oxygens (including phenoxy) is 1. The van der Waals surface area contributed by atoms with E-state index in [1.807, 2.05) is 22.3 Å². The fourth-order valence-corrected chi connectivity index (χ4v) is 4.48. The van der Waals surface area contributed by atoms with Gasteiger partial charge >= 0.3 is 0 Å². The predicted octanol–water partition coefficient (Wildman–Crippen LogP) is 3.67. The SMILES string of the molecule is COC1Cc2nnc(-c3cccc(NC(=O)c4cc(-n5cnc(C6CC6)c5)c(C)cc4F)n3)n2C1. The van der Waals surface area contributed by atoms with E-state index in [9.17, 15) is 9.18 Å². The zero-order valence-electron chi connectivity index (χ0n) is 19.4. The molecule has 3 aromatic heterocycles. The van der Waals surface area contributed by atoms with E-state index in [1.165, 1.54) is 6.07 Å². The minimum absolute atomic E-state index is 0.0525. The van der Waals surface area contributed by atoms with Crippen LogP contribution in [0, 0.1) is 12.7 Å². The van der Waals surface area contributed by atoms with Gasteiger partial charge in [0.15, 0.2) is 5.82 Å². The molecule has 1 N–H and O–H groups in total. The van der Waals surface area contributed by atoms with Crippen molar-refractivity contribution in [3.8, 4) is 17.2 Å². The van der Waals surface area contributed by atoms with Crippen LogP contribution in [-0.4, -0.2) is 48.4 Å². The number of carbonyl (C=O) groups excluding carboxylic acids is 1. The molecule has 10 heteroatoms. The van der Waals surface area contributed by atoms with Crippen molar-refractivity contribution in [2.75, 3.05) is 12.4 Å². The Balaban J connectivity index is 1.26. The Labute approximate surface area is 201 Å². The van der Waals surface area contributed by atoms with Gasteiger partial charge in [-0.25, -0.2) is 14.4 Å². The van der Waals surface area contributed by atoms with Gasteiger partial charge in [-0.05, 0) is 49.6 Å². The average molecular weight is 474 g/mol. The van der Waals surface area contributed by atoms with E-state index >= 15 is 0 Å². The van der Waals surface area contributed by atoms with Gasteiger partial charge in [0.1, 0.15) is 23.2 Å². The third-order valence-electron chi connectivity index (χ3n) is 6.58. The van der Waals surface area contributed by atoms with Gasteiger partial charge in [-0.1, -0.05) is 6.07 Å². The summed E-state index contributed by atoms with van der Waals surface area (Å²) in [5.41, 5.74) is 2.95. The number of halogens is 1. The number of fused-ring (bicyclic) bond motifs is 1. The number of aryl methyl sites for hydroxylation is 1. The number of amides is 1. The third-order valence-corrected chi connectivity index (χ3v) is 6.58. The maximum absolute atomic E-state index is 14.8. The zero-order chi connectivity index (χ0) is 24.1. The number of hydrogen-bond acceptors (Lipinski definition) is 6. The van der Waals surface area contributed by atoms with Crippen LogP contribution in [0.15, 0.2) is 42.9 Å². The van der Waals surface area contributed by atoms with Crippen molar-refractivity contribution in [1.29, 1.82) is 0 Å². The zero-order valence-corrected chi connectivity index (χ0v) is 19.4. The second kappa shape index (κ2) is 8.38. The van der Waals surface area contributed by atoms with Gasteiger partial charge in [-0.3, -0.25) is 4.79 Å². The van der Waals surface area contributed by atoms with Gasteiger partial charge < -0.3 is 19.2 Å². The highest BCUT2D eigenvalue weighted by atomic mass is 19.1. The average Bonchev–Trinajstić information content (AvgIpc) is 3.25. The van der Waals surface area contributed by atoms with E-state index in [1.54, 1.807) is 37.7 Å². The van der Waals surface area contributed by atoms with Gasteiger partial charge in [0.25, 0.3) is 5.91 Å². The van der Waals surface area contributed by atoms with Crippen LogP contribution in [-0.2, 0) is 17.7 Å². The second-order valence-corrected chi connectivity index (χ2v) is 9.07. The fourth-order valence-electron chi connectivity index (χ4n) is 4.48. The van der Waals surface area contributed by atoms with Crippen LogP contribution in [0.25, 0.3) is 17.2 Å². The lowest BCUT2D eigenvalue weighted by atomic mass is 10.1. The highest BCUT2D eigenvalue weighted by Gasteiger charge is 2.28. The van der Waals surface area contributed by atoms with Gasteiger partial charge in [-0.2, -0.15) is 0 Å². The summed E-state index contributed by atoms with van der Waals surface area (Å²) < 4.78 is 24.1. The molecule has 1 unspecified atom stereocenters. The Kier molecular flexibility index (Phi) is 5.18. The number of hydrogen-bond donors (Lipinski definition) is 1. The maximum atomic E-state index is 14.8. The van der Waals surface area contributed by atoms with Crippen LogP contribution in [0.4, 0.5) is 10.2 Å². The highest BCUT2D eigenvalue weighted by molar-refractivity contribution is 6.04. The van der Waals surface area contributed by atoms with E-state index in [0.717, 1.165) is 24.4 Å². The lowest BCUT2D eigenvalue weighted by Gasteiger charge is -2.12. The monoisotopic (exact) mass is 473 g/mol. The summed E-state index contributed by atoms with van der Waals surface area (Å²) in [6.07, 6.45) is 6.69. The Morgan fingerprint density at radius 1 is 1.23 bits per heavy atom. The highest BCUT2D eigenvalue weighted by Crippen LogP contribution is 2.39. The fraction of sp³-hybridized carbons (Fsp3) is 0.320. The van der Waals surface area contributed by atoms with Crippen LogP contribution in [0.5, 0.6) is 0 Å². The molecular formula is C25H24FN7O2. The predicted molar refractivity (Wildman–Crippen MR) is 126 cm³/mol. The first-order chi connectivity index (χ1) is 17.0. The molecule has 0 saturated heterocycles. The topological polar surface area (TPSA) is 99.8 Å². The van der Waals surface area contributed by atoms with Crippen LogP contribution in [0.1, 0.15) is 46.2 Å². The number of nitrogens with zero attached hydrogens (tertiary/aromatic N) is 6. The van der Waals surface area contributed by atoms with Gasteiger partial charge in [0, 0.05) is 25.6 Å². The molecule has 0 spiro atoms. The minimum Gasteiger partial charge on any atom is -0.379 e. The number of nitrogens with one attached hydrogen (secondary N) is 1. The summed E-state index contributed by atoms with van der Waals surface area (Å²) in [7, 11) is 1.67. The molecule has 1 amide bonds. The number of carbonyl (C=O) groups is 1. The van der Waals surface area contributed by atoms with Crippen LogP contribution >= 0.6 is 0 Å². The normalized spacial score (nSPS) is 16.9. The number of rotatable bonds is 6. The lowest BCUT2D eigenvalue weighted by molar-refractivity contribution is 0.102. The molecule has 4 aromatic rings. The first kappa shape index (κ1) is 21.6. The smallest absolute Gasteiger partial charge is 0.259 e. The summed E-state index contributed by atoms with van der Waals surface area (Å²) in [4.78, 5) is 22.1. The van der Waals surface area contributed by atoms with Crippen molar-refractivity contribution in [3.05, 3.63) is 71.3 Å². The molecule has 1 aromatic carbocycles. The van der Waals surface area contributed by atoms with Crippen LogP contribution < -0.4 is 5.32 Å². The third kappa shape index (κ3) is 3.99. The van der Waals surface area contributed by atoms with E-state index in [-0.39, 0.29) is 11.7 Å². The number of aromatic nitrogens is 6. The number of pyridine rings is 1. The summed E-state index contributed by atoms with van der Waals surface area (Å²) in [6.45, 7) is 2.45. The molecule has 1 aliphatic heterocycles. The Morgan fingerprint density at radius 2 is 2.09 bits per heavy atom. The number of benzene rings is 1. The van der Waals surface area contributed by atoms with Crippen LogP contribution in [0.2, 0.25) is 0 Å². The van der Waals surface area contributed by atoms with E-state index in [0.29, 0.717) is 47.5 Å². The Bertz CT molecular complexity index is 1440. The molecule has 1 aliphatic carbocycles. The molecule has 6 rings (SSSR count). The second-order valence-electron chi connectivity index (χ2n) is 9.07. The molecule has 35 heavy (non-hydrogen) atoms. The maximum Gasteiger partial charge on any atom is 0.259 e. The van der Waals surface area contributed by atoms with Crippen molar-refractivity contribution < 1.29 is 13.9 Å². The van der Waals surface area contributed by atoms with Crippen molar-refractivity contribution in [2.24, 2.45) is 0 Å². The molecule has 178 valence electrons. The standard InChI is InChI=1S/C25H24FN7O2/c1-14-8-18(26)17(10-21(14)32-12-20(27-13-32)15-6-7-15)25(34)29-22-5-3-4-19(28-22)24-31-30-23-9-16(35-2)11-33(23)24/h3-5,8,10,12-13,15-16H,6-7,9,11H2,1-2H3,(H,28,29,34). The van der Waals surface area contributed by atoms with Gasteiger partial charge in [-0.15, -0.1) is 10.2 Å². The minimum atomic E-state index is -0.594. The number of imidazole rings is 1. The number of anilines is 1. The molecule has 1 fully saturated rings. The molecule has 4 heterocycles. The molecule has 1 atom stereocenters. The summed E-state index contributed by atoms with van der Waals surface area (Å²) in [6, 6.07) is 8.15. The molecular weight excluding hydrogens is 449 g/mol. The van der Waals surface area contributed by atoms with Gasteiger partial charge in [0.05, 0.1) is 35.9 Å². The van der Waals surface area contributed by atoms with Crippen molar-refractivity contribution in [1.82, 2.24) is 29.3 Å². The summed E-state index contributed by atoms with van der Waals surface area (Å²) >= 11 is 0. The lowest BCUT2D eigenvalue weighted by Crippen LogP contribution is -2.16. The largest absolute Gasteiger partial charge is 0.379 e. The molecule has 1 saturated carbocycles. The Hall–Kier alpha value is -3.92. The Morgan fingerprint density at radius 3 is 2.89 bits per heavy atom. The van der Waals surface area contributed by atoms with Crippen LogP contribution in [0.3, 0.4) is 0 Å². The van der Waals surface area contributed by atoms with Crippen molar-refractivity contribution in [3.63, 3.8) is 0 Å². The quantitative estimate of drug-likeness (QED) is 0.459. The first-order valence-electron chi connectivity index (χ1n) is 11.6.